The standard InChI is InChI=1S/C21H26N2O4S/c1-26-20-8-9-21(27-2)19(16-20)17-22-11-13-23(14-12-22)28(24,25)15-10-18-6-4-3-5-7-18/h3-10,15-16H,11-14,17H2,1-2H3/b15-10+. The van der Waals surface area contributed by atoms with Crippen LogP contribution in [0.5, 0.6) is 11.5 Å². The summed E-state index contributed by atoms with van der Waals surface area (Å²) in [6, 6.07) is 15.2. The Hall–Kier alpha value is -2.35. The molecule has 0 atom stereocenters. The number of benzene rings is 2. The molecule has 1 heterocycles. The van der Waals surface area contributed by atoms with Gasteiger partial charge in [0.1, 0.15) is 11.5 Å². The van der Waals surface area contributed by atoms with Crippen LogP contribution in [0.1, 0.15) is 11.1 Å². The first-order valence-corrected chi connectivity index (χ1v) is 10.7. The van der Waals surface area contributed by atoms with Gasteiger partial charge < -0.3 is 9.47 Å². The SMILES string of the molecule is COc1ccc(OC)c(CN2CCN(S(=O)(=O)/C=C/c3ccccc3)CC2)c1. The minimum absolute atomic E-state index is 0.466. The van der Waals surface area contributed by atoms with Gasteiger partial charge in [0.2, 0.25) is 10.0 Å². The summed E-state index contributed by atoms with van der Waals surface area (Å²) in [7, 11) is -0.135. The van der Waals surface area contributed by atoms with Crippen molar-refractivity contribution < 1.29 is 17.9 Å². The molecule has 6 nitrogen and oxygen atoms in total. The van der Waals surface area contributed by atoms with Gasteiger partial charge >= 0.3 is 0 Å². The van der Waals surface area contributed by atoms with E-state index in [1.807, 2.05) is 48.5 Å². The molecule has 0 saturated carbocycles. The lowest BCUT2D eigenvalue weighted by atomic mass is 10.1. The Labute approximate surface area is 167 Å². The van der Waals surface area contributed by atoms with Crippen LogP contribution in [0.4, 0.5) is 0 Å². The van der Waals surface area contributed by atoms with E-state index in [1.165, 1.54) is 9.71 Å². The number of hydrogen-bond donors (Lipinski definition) is 0. The van der Waals surface area contributed by atoms with Gasteiger partial charge in [-0.3, -0.25) is 4.90 Å². The molecule has 3 rings (SSSR count). The van der Waals surface area contributed by atoms with Crippen molar-refractivity contribution in [3.63, 3.8) is 0 Å². The molecule has 1 saturated heterocycles. The highest BCUT2D eigenvalue weighted by atomic mass is 32.2. The molecule has 1 aliphatic rings. The van der Waals surface area contributed by atoms with E-state index in [-0.39, 0.29) is 0 Å². The maximum absolute atomic E-state index is 12.6. The first-order chi connectivity index (χ1) is 13.5. The lowest BCUT2D eigenvalue weighted by Crippen LogP contribution is -2.47. The zero-order valence-corrected chi connectivity index (χ0v) is 17.1. The lowest BCUT2D eigenvalue weighted by molar-refractivity contribution is 0.181. The van der Waals surface area contributed by atoms with Crippen molar-refractivity contribution in [3.8, 4) is 11.5 Å². The third kappa shape index (κ3) is 5.13. The fraction of sp³-hybridized carbons (Fsp3) is 0.333. The monoisotopic (exact) mass is 402 g/mol. The van der Waals surface area contributed by atoms with Crippen molar-refractivity contribution in [1.82, 2.24) is 9.21 Å². The minimum Gasteiger partial charge on any atom is -0.497 e. The number of piperazine rings is 1. The van der Waals surface area contributed by atoms with E-state index in [9.17, 15) is 8.42 Å². The second-order valence-corrected chi connectivity index (χ2v) is 8.43. The van der Waals surface area contributed by atoms with Crippen molar-refractivity contribution in [1.29, 1.82) is 0 Å². The number of methoxy groups -OCH3 is 2. The first-order valence-electron chi connectivity index (χ1n) is 9.18. The van der Waals surface area contributed by atoms with E-state index < -0.39 is 10.0 Å². The lowest BCUT2D eigenvalue weighted by Gasteiger charge is -2.33. The zero-order chi connectivity index (χ0) is 20.0. The molecule has 0 aromatic heterocycles. The Morgan fingerprint density at radius 1 is 0.964 bits per heavy atom. The minimum atomic E-state index is -3.42. The summed E-state index contributed by atoms with van der Waals surface area (Å²) in [6.07, 6.45) is 1.64. The average molecular weight is 403 g/mol. The largest absolute Gasteiger partial charge is 0.497 e. The normalized spacial score (nSPS) is 16.4. The summed E-state index contributed by atoms with van der Waals surface area (Å²) in [5.74, 6) is 1.59. The van der Waals surface area contributed by atoms with Gasteiger partial charge in [-0.15, -0.1) is 0 Å². The smallest absolute Gasteiger partial charge is 0.236 e. The van der Waals surface area contributed by atoms with Crippen LogP contribution in [0.2, 0.25) is 0 Å². The molecular formula is C21H26N2O4S. The molecule has 0 N–H and O–H groups in total. The van der Waals surface area contributed by atoms with Gasteiger partial charge in [-0.05, 0) is 29.8 Å². The fourth-order valence-electron chi connectivity index (χ4n) is 3.20. The summed E-state index contributed by atoms with van der Waals surface area (Å²) in [4.78, 5) is 2.23. The Balaban J connectivity index is 1.61. The molecule has 2 aromatic rings. The van der Waals surface area contributed by atoms with Gasteiger partial charge in [0.25, 0.3) is 0 Å². The van der Waals surface area contributed by atoms with E-state index in [1.54, 1.807) is 20.3 Å². The van der Waals surface area contributed by atoms with Gasteiger partial charge in [-0.1, -0.05) is 30.3 Å². The van der Waals surface area contributed by atoms with Crippen molar-refractivity contribution in [2.75, 3.05) is 40.4 Å². The highest BCUT2D eigenvalue weighted by Gasteiger charge is 2.25. The molecule has 0 radical (unpaired) electrons. The molecule has 1 aliphatic heterocycles. The number of ether oxygens (including phenoxy) is 2. The molecule has 7 heteroatoms. The van der Waals surface area contributed by atoms with Gasteiger partial charge in [0, 0.05) is 43.7 Å². The molecule has 0 unspecified atom stereocenters. The van der Waals surface area contributed by atoms with Crippen LogP contribution < -0.4 is 9.47 Å². The Kier molecular flexibility index (Phi) is 6.72. The van der Waals surface area contributed by atoms with Crippen molar-refractivity contribution in [2.45, 2.75) is 6.54 Å². The number of sulfonamides is 1. The van der Waals surface area contributed by atoms with Gasteiger partial charge in [0.15, 0.2) is 0 Å². The van der Waals surface area contributed by atoms with E-state index in [2.05, 4.69) is 4.90 Å². The second-order valence-electron chi connectivity index (χ2n) is 6.61. The van der Waals surface area contributed by atoms with Gasteiger partial charge in [0.05, 0.1) is 14.2 Å². The van der Waals surface area contributed by atoms with E-state index in [4.69, 9.17) is 9.47 Å². The third-order valence-electron chi connectivity index (χ3n) is 4.80. The molecule has 1 fully saturated rings. The molecule has 150 valence electrons. The zero-order valence-electron chi connectivity index (χ0n) is 16.2. The molecule has 0 spiro atoms. The van der Waals surface area contributed by atoms with Crippen LogP contribution >= 0.6 is 0 Å². The van der Waals surface area contributed by atoms with E-state index in [0.717, 1.165) is 22.6 Å². The molecule has 0 amide bonds. The topological polar surface area (TPSA) is 59.1 Å². The van der Waals surface area contributed by atoms with Crippen molar-refractivity contribution in [2.24, 2.45) is 0 Å². The highest BCUT2D eigenvalue weighted by Crippen LogP contribution is 2.26. The summed E-state index contributed by atoms with van der Waals surface area (Å²) in [5.41, 5.74) is 1.90. The van der Waals surface area contributed by atoms with Crippen LogP contribution in [0, 0.1) is 0 Å². The number of hydrogen-bond acceptors (Lipinski definition) is 5. The Bertz CT molecular complexity index is 905. The van der Waals surface area contributed by atoms with E-state index >= 15 is 0 Å². The third-order valence-corrected chi connectivity index (χ3v) is 6.37. The maximum Gasteiger partial charge on any atom is 0.236 e. The van der Waals surface area contributed by atoms with Crippen molar-refractivity contribution >= 4 is 16.1 Å². The van der Waals surface area contributed by atoms with Gasteiger partial charge in [-0.25, -0.2) is 8.42 Å². The van der Waals surface area contributed by atoms with Gasteiger partial charge in [-0.2, -0.15) is 4.31 Å². The summed E-state index contributed by atoms with van der Waals surface area (Å²) < 4.78 is 37.5. The molecule has 28 heavy (non-hydrogen) atoms. The molecule has 0 bridgehead atoms. The highest BCUT2D eigenvalue weighted by molar-refractivity contribution is 7.92. The molecule has 2 aromatic carbocycles. The summed E-state index contributed by atoms with van der Waals surface area (Å²) in [5, 5.41) is 1.29. The first kappa shape index (κ1) is 20.4. The average Bonchev–Trinajstić information content (AvgIpc) is 2.73. The van der Waals surface area contributed by atoms with E-state index in [0.29, 0.717) is 32.7 Å². The Morgan fingerprint density at radius 3 is 2.32 bits per heavy atom. The second kappa shape index (κ2) is 9.23. The summed E-state index contributed by atoms with van der Waals surface area (Å²) >= 11 is 0. The summed E-state index contributed by atoms with van der Waals surface area (Å²) in [6.45, 7) is 2.95. The fourth-order valence-corrected chi connectivity index (χ4v) is 4.38. The van der Waals surface area contributed by atoms with Crippen LogP contribution in [-0.2, 0) is 16.6 Å². The molecule has 0 aliphatic carbocycles. The van der Waals surface area contributed by atoms with Crippen LogP contribution in [0.3, 0.4) is 0 Å². The number of rotatable bonds is 7. The van der Waals surface area contributed by atoms with Crippen molar-refractivity contribution in [3.05, 3.63) is 65.1 Å². The Morgan fingerprint density at radius 2 is 1.68 bits per heavy atom. The number of nitrogens with zero attached hydrogens (tertiary/aromatic N) is 2. The van der Waals surface area contributed by atoms with Crippen LogP contribution in [-0.4, -0.2) is 58.0 Å². The predicted molar refractivity (Wildman–Crippen MR) is 111 cm³/mol. The van der Waals surface area contributed by atoms with Crippen LogP contribution in [0.15, 0.2) is 53.9 Å². The van der Waals surface area contributed by atoms with Crippen LogP contribution in [0.25, 0.3) is 6.08 Å². The quantitative estimate of drug-likeness (QED) is 0.713. The molecular weight excluding hydrogens is 376 g/mol. The predicted octanol–water partition coefficient (Wildman–Crippen LogP) is 2.82. The maximum atomic E-state index is 12.6.